The highest BCUT2D eigenvalue weighted by atomic mass is 16.5. The van der Waals surface area contributed by atoms with E-state index in [2.05, 4.69) is 19.2 Å². The maximum atomic E-state index is 12.4. The number of nitrogens with zero attached hydrogens (tertiary/aromatic N) is 1. The lowest BCUT2D eigenvalue weighted by Gasteiger charge is -2.28. The van der Waals surface area contributed by atoms with Crippen LogP contribution in [-0.2, 0) is 11.2 Å². The summed E-state index contributed by atoms with van der Waals surface area (Å²) >= 11 is 0. The van der Waals surface area contributed by atoms with Gasteiger partial charge >= 0.3 is 0 Å². The summed E-state index contributed by atoms with van der Waals surface area (Å²) in [6, 6.07) is 8.29. The molecule has 4 nitrogen and oxygen atoms in total. The number of ether oxygens (including phenoxy) is 1. The molecule has 1 heterocycles. The SMILES string of the molecule is CCCN(C(=O)COc1ccc(CC)cc1)C1CCNC1. The number of amides is 1. The van der Waals surface area contributed by atoms with E-state index in [1.165, 1.54) is 5.56 Å². The molecular formula is C17H26N2O2. The quantitative estimate of drug-likeness (QED) is 0.837. The van der Waals surface area contributed by atoms with Crippen molar-refractivity contribution in [1.29, 1.82) is 0 Å². The number of rotatable bonds is 7. The molecule has 1 unspecified atom stereocenters. The molecule has 4 heteroatoms. The van der Waals surface area contributed by atoms with Crippen molar-refractivity contribution in [2.24, 2.45) is 0 Å². The van der Waals surface area contributed by atoms with Crippen LogP contribution >= 0.6 is 0 Å². The van der Waals surface area contributed by atoms with E-state index in [4.69, 9.17) is 4.74 Å². The van der Waals surface area contributed by atoms with E-state index in [-0.39, 0.29) is 12.5 Å². The van der Waals surface area contributed by atoms with Crippen LogP contribution in [0.4, 0.5) is 0 Å². The molecule has 0 spiro atoms. The topological polar surface area (TPSA) is 41.6 Å². The molecule has 1 amide bonds. The van der Waals surface area contributed by atoms with Crippen molar-refractivity contribution in [3.05, 3.63) is 29.8 Å². The third-order valence-electron chi connectivity index (χ3n) is 3.95. The molecule has 0 radical (unpaired) electrons. The van der Waals surface area contributed by atoms with E-state index in [0.717, 1.165) is 44.6 Å². The van der Waals surface area contributed by atoms with Gasteiger partial charge in [0.2, 0.25) is 0 Å². The number of aryl methyl sites for hydroxylation is 1. The zero-order valence-electron chi connectivity index (χ0n) is 13.1. The van der Waals surface area contributed by atoms with Gasteiger partial charge < -0.3 is 15.0 Å². The van der Waals surface area contributed by atoms with Gasteiger partial charge in [-0.1, -0.05) is 26.0 Å². The lowest BCUT2D eigenvalue weighted by atomic mass is 10.2. The van der Waals surface area contributed by atoms with Gasteiger partial charge in [0.15, 0.2) is 6.61 Å². The van der Waals surface area contributed by atoms with Gasteiger partial charge in [-0.25, -0.2) is 0 Å². The van der Waals surface area contributed by atoms with Crippen LogP contribution in [0, 0.1) is 0 Å². The van der Waals surface area contributed by atoms with Crippen molar-refractivity contribution in [1.82, 2.24) is 10.2 Å². The molecule has 21 heavy (non-hydrogen) atoms. The molecule has 1 aliphatic rings. The minimum Gasteiger partial charge on any atom is -0.484 e. The van der Waals surface area contributed by atoms with Crippen molar-refractivity contribution in [3.63, 3.8) is 0 Å². The van der Waals surface area contributed by atoms with E-state index in [0.29, 0.717) is 6.04 Å². The van der Waals surface area contributed by atoms with Crippen LogP contribution in [0.1, 0.15) is 32.3 Å². The summed E-state index contributed by atoms with van der Waals surface area (Å²) in [5, 5.41) is 3.32. The van der Waals surface area contributed by atoms with Gasteiger partial charge in [0.1, 0.15) is 5.75 Å². The number of nitrogens with one attached hydrogen (secondary N) is 1. The second-order valence-electron chi connectivity index (χ2n) is 5.52. The first-order valence-electron chi connectivity index (χ1n) is 7.96. The highest BCUT2D eigenvalue weighted by Gasteiger charge is 2.25. The van der Waals surface area contributed by atoms with Crippen LogP contribution in [0.25, 0.3) is 0 Å². The summed E-state index contributed by atoms with van der Waals surface area (Å²) in [6.45, 7) is 7.06. The van der Waals surface area contributed by atoms with Gasteiger partial charge in [0, 0.05) is 19.1 Å². The molecule has 1 atom stereocenters. The lowest BCUT2D eigenvalue weighted by Crippen LogP contribution is -2.44. The fourth-order valence-electron chi connectivity index (χ4n) is 2.71. The predicted octanol–water partition coefficient (Wildman–Crippen LogP) is 2.23. The summed E-state index contributed by atoms with van der Waals surface area (Å²) in [6.07, 6.45) is 3.03. The first kappa shape index (κ1) is 15.8. The Hall–Kier alpha value is -1.55. The van der Waals surface area contributed by atoms with Gasteiger partial charge in [-0.3, -0.25) is 4.79 Å². The van der Waals surface area contributed by atoms with Crippen LogP contribution in [0.5, 0.6) is 5.75 Å². The second-order valence-corrected chi connectivity index (χ2v) is 5.52. The number of carbonyl (C=O) groups excluding carboxylic acids is 1. The minimum absolute atomic E-state index is 0.0881. The smallest absolute Gasteiger partial charge is 0.260 e. The monoisotopic (exact) mass is 290 g/mol. The summed E-state index contributed by atoms with van der Waals surface area (Å²) in [5.41, 5.74) is 1.28. The van der Waals surface area contributed by atoms with Crippen molar-refractivity contribution in [2.75, 3.05) is 26.2 Å². The van der Waals surface area contributed by atoms with Gasteiger partial charge in [-0.2, -0.15) is 0 Å². The van der Waals surface area contributed by atoms with E-state index in [1.54, 1.807) is 0 Å². The van der Waals surface area contributed by atoms with Crippen LogP contribution < -0.4 is 10.1 Å². The Morgan fingerprint density at radius 3 is 2.67 bits per heavy atom. The number of carbonyl (C=O) groups is 1. The van der Waals surface area contributed by atoms with Gasteiger partial charge in [0.05, 0.1) is 0 Å². The molecule has 0 aromatic heterocycles. The average molecular weight is 290 g/mol. The van der Waals surface area contributed by atoms with Crippen molar-refractivity contribution in [2.45, 2.75) is 39.2 Å². The first-order chi connectivity index (χ1) is 10.2. The summed E-state index contributed by atoms with van der Waals surface area (Å²) < 4.78 is 5.64. The Morgan fingerprint density at radius 1 is 1.33 bits per heavy atom. The second kappa shape index (κ2) is 8.03. The van der Waals surface area contributed by atoms with Crippen molar-refractivity contribution < 1.29 is 9.53 Å². The highest BCUT2D eigenvalue weighted by Crippen LogP contribution is 2.14. The fraction of sp³-hybridized carbons (Fsp3) is 0.588. The molecule has 0 aliphatic carbocycles. The normalized spacial score (nSPS) is 17.7. The third-order valence-corrected chi connectivity index (χ3v) is 3.95. The molecule has 0 saturated carbocycles. The largest absolute Gasteiger partial charge is 0.484 e. The number of benzene rings is 1. The van der Waals surface area contributed by atoms with Crippen LogP contribution in [-0.4, -0.2) is 43.1 Å². The van der Waals surface area contributed by atoms with Crippen molar-refractivity contribution >= 4 is 5.91 Å². The zero-order valence-corrected chi connectivity index (χ0v) is 13.1. The molecule has 1 aromatic carbocycles. The molecule has 1 aromatic rings. The van der Waals surface area contributed by atoms with Crippen LogP contribution in [0.15, 0.2) is 24.3 Å². The van der Waals surface area contributed by atoms with E-state index in [9.17, 15) is 4.79 Å². The van der Waals surface area contributed by atoms with Crippen LogP contribution in [0.3, 0.4) is 0 Å². The van der Waals surface area contributed by atoms with E-state index in [1.807, 2.05) is 29.2 Å². The zero-order chi connectivity index (χ0) is 15.1. The van der Waals surface area contributed by atoms with Crippen LogP contribution in [0.2, 0.25) is 0 Å². The Kier molecular flexibility index (Phi) is 6.05. The number of hydrogen-bond acceptors (Lipinski definition) is 3. The predicted molar refractivity (Wildman–Crippen MR) is 84.6 cm³/mol. The highest BCUT2D eigenvalue weighted by molar-refractivity contribution is 5.78. The minimum atomic E-state index is 0.0881. The Labute approximate surface area is 127 Å². The Balaban J connectivity index is 1.88. The van der Waals surface area contributed by atoms with E-state index >= 15 is 0 Å². The Morgan fingerprint density at radius 2 is 2.10 bits per heavy atom. The number of hydrogen-bond donors (Lipinski definition) is 1. The summed E-state index contributed by atoms with van der Waals surface area (Å²) in [4.78, 5) is 14.4. The molecule has 1 fully saturated rings. The average Bonchev–Trinajstić information content (AvgIpc) is 3.04. The van der Waals surface area contributed by atoms with E-state index < -0.39 is 0 Å². The summed E-state index contributed by atoms with van der Waals surface area (Å²) in [7, 11) is 0. The Bertz CT molecular complexity index is 439. The standard InChI is InChI=1S/C17H26N2O2/c1-3-11-19(15-9-10-18-12-15)17(20)13-21-16-7-5-14(4-2)6-8-16/h5-8,15,18H,3-4,9-13H2,1-2H3. The first-order valence-corrected chi connectivity index (χ1v) is 7.96. The molecule has 2 rings (SSSR count). The van der Waals surface area contributed by atoms with Gasteiger partial charge in [0.25, 0.3) is 5.91 Å². The molecule has 1 saturated heterocycles. The molecule has 116 valence electrons. The lowest BCUT2D eigenvalue weighted by molar-refractivity contribution is -0.135. The fourth-order valence-corrected chi connectivity index (χ4v) is 2.71. The van der Waals surface area contributed by atoms with Crippen molar-refractivity contribution in [3.8, 4) is 5.75 Å². The molecular weight excluding hydrogens is 264 g/mol. The van der Waals surface area contributed by atoms with Gasteiger partial charge in [-0.05, 0) is 43.5 Å². The third kappa shape index (κ3) is 4.46. The molecule has 0 bridgehead atoms. The molecule has 1 aliphatic heterocycles. The maximum Gasteiger partial charge on any atom is 0.260 e. The maximum absolute atomic E-state index is 12.4. The van der Waals surface area contributed by atoms with Gasteiger partial charge in [-0.15, -0.1) is 0 Å². The summed E-state index contributed by atoms with van der Waals surface area (Å²) in [5.74, 6) is 0.853. The molecule has 1 N–H and O–H groups in total.